The van der Waals surface area contributed by atoms with Crippen LogP contribution in [-0.4, -0.2) is 96.0 Å². The third kappa shape index (κ3) is 6.71. The summed E-state index contributed by atoms with van der Waals surface area (Å²) < 4.78 is 0. The van der Waals surface area contributed by atoms with Gasteiger partial charge in [0.05, 0.1) is 0 Å². The van der Waals surface area contributed by atoms with E-state index in [-0.39, 0.29) is 75.4 Å². The fourth-order valence-electron chi connectivity index (χ4n) is 0.270. The molecule has 0 aromatic carbocycles. The number of carboxylic acid groups (broad SMARTS) is 2. The Morgan fingerprint density at radius 3 is 1.17 bits per heavy atom. The molecule has 0 saturated carbocycles. The number of carboxylic acids is 2. The topological polar surface area (TPSA) is 115 Å². The second kappa shape index (κ2) is 8.81. The number of aliphatic hydroxyl groups is 2. The van der Waals surface area contributed by atoms with Crippen molar-refractivity contribution in [2.45, 2.75) is 12.2 Å². The summed E-state index contributed by atoms with van der Waals surface area (Å²) in [4.78, 5) is 19.5. The Morgan fingerprint density at radius 2 is 1.08 bits per heavy atom. The summed E-state index contributed by atoms with van der Waals surface area (Å²) in [5, 5.41) is 32.5. The standard InChI is InChI=1S/C4H6O6.HI.K.H/c5-1(3(7)8)2(6)4(9)10;;;/h1-2,5-6H,(H,7,8)(H,9,10);1H;;. The quantitative estimate of drug-likeness (QED) is 0.348. The second-order valence-corrected chi connectivity index (χ2v) is 1.57. The molecule has 0 fully saturated rings. The predicted molar refractivity (Wildman–Crippen MR) is 49.8 cm³/mol. The van der Waals surface area contributed by atoms with Crippen LogP contribution in [0.5, 0.6) is 0 Å². The first-order valence-electron chi connectivity index (χ1n) is 2.28. The van der Waals surface area contributed by atoms with Gasteiger partial charge in [-0.1, -0.05) is 0 Å². The number of halogens is 1. The molecule has 0 aliphatic carbocycles. The van der Waals surface area contributed by atoms with E-state index >= 15 is 0 Å². The number of hydrogen-bond donors (Lipinski definition) is 4. The normalized spacial score (nSPS) is 13.2. The van der Waals surface area contributed by atoms with E-state index in [1.807, 2.05) is 0 Å². The van der Waals surface area contributed by atoms with Crippen molar-refractivity contribution in [1.82, 2.24) is 0 Å². The van der Waals surface area contributed by atoms with Crippen molar-refractivity contribution in [3.63, 3.8) is 0 Å². The van der Waals surface area contributed by atoms with Gasteiger partial charge in [0.15, 0.2) is 12.2 Å². The van der Waals surface area contributed by atoms with Gasteiger partial charge in [0.25, 0.3) is 0 Å². The maximum atomic E-state index is 9.77. The monoisotopic (exact) mass is 318 g/mol. The van der Waals surface area contributed by atoms with Gasteiger partial charge in [-0.05, 0) is 0 Å². The molecule has 4 N–H and O–H groups in total. The van der Waals surface area contributed by atoms with Crippen LogP contribution in [0.1, 0.15) is 0 Å². The Balaban J connectivity index is -0.000000405. The predicted octanol–water partition coefficient (Wildman–Crippen LogP) is -2.15. The van der Waals surface area contributed by atoms with Crippen LogP contribution in [-0.2, 0) is 9.59 Å². The summed E-state index contributed by atoms with van der Waals surface area (Å²) in [6.45, 7) is 0. The van der Waals surface area contributed by atoms with Crippen LogP contribution in [0.4, 0.5) is 0 Å². The van der Waals surface area contributed by atoms with Crippen molar-refractivity contribution in [2.75, 3.05) is 0 Å². The Hall–Kier alpha value is 1.23. The minimum absolute atomic E-state index is 0. The maximum absolute atomic E-state index is 9.77. The SMILES string of the molecule is I.O=C(O)C(O)C(O)C(=O)O.[KH]. The van der Waals surface area contributed by atoms with Crippen LogP contribution in [0.15, 0.2) is 0 Å². The number of aliphatic carboxylic acids is 2. The Bertz CT molecular complexity index is 144. The number of carbonyl (C=O) groups is 2. The van der Waals surface area contributed by atoms with E-state index in [0.29, 0.717) is 0 Å². The molecule has 0 aromatic rings. The van der Waals surface area contributed by atoms with Gasteiger partial charge in [0, 0.05) is 0 Å². The van der Waals surface area contributed by atoms with Gasteiger partial charge in [-0.2, -0.15) is 0 Å². The number of hydrogen-bond acceptors (Lipinski definition) is 4. The van der Waals surface area contributed by atoms with Crippen molar-refractivity contribution in [2.24, 2.45) is 0 Å². The van der Waals surface area contributed by atoms with Gasteiger partial charge < -0.3 is 20.4 Å². The van der Waals surface area contributed by atoms with E-state index in [4.69, 9.17) is 20.4 Å². The molecule has 0 saturated heterocycles. The van der Waals surface area contributed by atoms with Gasteiger partial charge in [-0.3, -0.25) is 0 Å². The average Bonchev–Trinajstić information content (AvgIpc) is 1.84. The molecule has 0 spiro atoms. The molecule has 0 amide bonds. The third-order valence-corrected chi connectivity index (χ3v) is 0.805. The third-order valence-electron chi connectivity index (χ3n) is 0.805. The van der Waals surface area contributed by atoms with E-state index in [9.17, 15) is 9.59 Å². The van der Waals surface area contributed by atoms with Crippen molar-refractivity contribution in [3.8, 4) is 0 Å². The van der Waals surface area contributed by atoms with Gasteiger partial charge in [0.2, 0.25) is 0 Å². The van der Waals surface area contributed by atoms with Crippen LogP contribution in [0.25, 0.3) is 0 Å². The van der Waals surface area contributed by atoms with E-state index < -0.39 is 24.1 Å². The first-order valence-corrected chi connectivity index (χ1v) is 2.28. The Kier molecular flexibility index (Phi) is 13.9. The Labute approximate surface area is 127 Å². The number of aliphatic hydroxyl groups excluding tert-OH is 2. The molecule has 2 atom stereocenters. The summed E-state index contributed by atoms with van der Waals surface area (Å²) in [6.07, 6.45) is -4.53. The number of rotatable bonds is 3. The molecule has 0 bridgehead atoms. The second-order valence-electron chi connectivity index (χ2n) is 1.57. The molecular weight excluding hydrogens is 310 g/mol. The molecule has 0 aliphatic heterocycles. The summed E-state index contributed by atoms with van der Waals surface area (Å²) in [7, 11) is 0. The first kappa shape index (κ1) is 18.9. The van der Waals surface area contributed by atoms with E-state index in [2.05, 4.69) is 0 Å². The fourth-order valence-corrected chi connectivity index (χ4v) is 0.270. The fraction of sp³-hybridized carbons (Fsp3) is 0.500. The van der Waals surface area contributed by atoms with Gasteiger partial charge >= 0.3 is 63.3 Å². The molecule has 0 aromatic heterocycles. The van der Waals surface area contributed by atoms with Gasteiger partial charge in [-0.25, -0.2) is 9.59 Å². The van der Waals surface area contributed by atoms with Gasteiger partial charge in [0.1, 0.15) is 0 Å². The van der Waals surface area contributed by atoms with Crippen LogP contribution in [0.2, 0.25) is 0 Å². The molecule has 6 nitrogen and oxygen atoms in total. The van der Waals surface area contributed by atoms with Crippen LogP contribution >= 0.6 is 24.0 Å². The van der Waals surface area contributed by atoms with E-state index in [0.717, 1.165) is 0 Å². The van der Waals surface area contributed by atoms with Crippen molar-refractivity contribution in [1.29, 1.82) is 0 Å². The molecule has 2 unspecified atom stereocenters. The molecule has 0 radical (unpaired) electrons. The average molecular weight is 318 g/mol. The molecule has 8 heteroatoms. The van der Waals surface area contributed by atoms with Crippen molar-refractivity contribution in [3.05, 3.63) is 0 Å². The zero-order chi connectivity index (χ0) is 8.31. The summed E-state index contributed by atoms with van der Waals surface area (Å²) in [5.74, 6) is -3.54. The molecule has 12 heavy (non-hydrogen) atoms. The van der Waals surface area contributed by atoms with E-state index in [1.165, 1.54) is 0 Å². The summed E-state index contributed by atoms with van der Waals surface area (Å²) in [5.41, 5.74) is 0. The Morgan fingerprint density at radius 1 is 0.917 bits per heavy atom. The van der Waals surface area contributed by atoms with Crippen molar-refractivity contribution >= 4 is 87.3 Å². The zero-order valence-electron chi connectivity index (χ0n) is 5.17. The van der Waals surface area contributed by atoms with Gasteiger partial charge in [-0.15, -0.1) is 24.0 Å². The van der Waals surface area contributed by atoms with Crippen LogP contribution in [0, 0.1) is 0 Å². The summed E-state index contributed by atoms with van der Waals surface area (Å²) in [6, 6.07) is 0. The van der Waals surface area contributed by atoms with Crippen molar-refractivity contribution < 1.29 is 30.0 Å². The minimum atomic E-state index is -2.27. The summed E-state index contributed by atoms with van der Waals surface area (Å²) >= 11 is 0. The zero-order valence-corrected chi connectivity index (χ0v) is 7.50. The van der Waals surface area contributed by atoms with E-state index in [1.54, 1.807) is 0 Å². The molecule has 0 rings (SSSR count). The molecule has 0 heterocycles. The molecule has 0 aliphatic rings. The van der Waals surface area contributed by atoms with Crippen LogP contribution < -0.4 is 0 Å². The molecule has 68 valence electrons. The van der Waals surface area contributed by atoms with Crippen LogP contribution in [0.3, 0.4) is 0 Å². The molecular formula is C4H8IKO6. The first-order chi connectivity index (χ1) is 4.46.